The number of fused-ring (bicyclic) bond motifs is 1. The van der Waals surface area contributed by atoms with Crippen LogP contribution in [0.2, 0.25) is 5.02 Å². The summed E-state index contributed by atoms with van der Waals surface area (Å²) >= 11 is 6.29. The highest BCUT2D eigenvalue weighted by molar-refractivity contribution is 6.33. The Balaban J connectivity index is 0.00000192. The Morgan fingerprint density at radius 1 is 1.22 bits per heavy atom. The molecule has 0 saturated heterocycles. The summed E-state index contributed by atoms with van der Waals surface area (Å²) in [6.45, 7) is 3.81. The van der Waals surface area contributed by atoms with E-state index in [9.17, 15) is 10.2 Å². The highest BCUT2D eigenvalue weighted by Gasteiger charge is 2.27. The van der Waals surface area contributed by atoms with E-state index in [1.165, 1.54) is 11.1 Å². The van der Waals surface area contributed by atoms with Crippen molar-refractivity contribution < 1.29 is 27.2 Å². The number of hydrogen-bond donors (Lipinski definition) is 2. The van der Waals surface area contributed by atoms with Crippen LogP contribution in [-0.4, -0.2) is 35.3 Å². The predicted octanol–water partition coefficient (Wildman–Crippen LogP) is 0.683. The third kappa shape index (κ3) is 3.49. The third-order valence-electron chi connectivity index (χ3n) is 4.41. The van der Waals surface area contributed by atoms with Crippen molar-refractivity contribution in [3.8, 4) is 11.5 Å². The van der Waals surface area contributed by atoms with Gasteiger partial charge >= 0.3 is 0 Å². The van der Waals surface area contributed by atoms with Crippen molar-refractivity contribution in [2.75, 3.05) is 20.1 Å². The molecule has 23 heavy (non-hydrogen) atoms. The van der Waals surface area contributed by atoms with Gasteiger partial charge in [0.25, 0.3) is 0 Å². The maximum absolute atomic E-state index is 9.99. The van der Waals surface area contributed by atoms with Gasteiger partial charge in [0.1, 0.15) is 0 Å². The first-order valence-corrected chi connectivity index (χ1v) is 7.83. The maximum Gasteiger partial charge on any atom is 0.176 e. The fourth-order valence-corrected chi connectivity index (χ4v) is 3.53. The van der Waals surface area contributed by atoms with Crippen molar-refractivity contribution in [1.82, 2.24) is 4.90 Å². The molecule has 1 aliphatic rings. The van der Waals surface area contributed by atoms with Crippen molar-refractivity contribution in [2.45, 2.75) is 19.3 Å². The highest BCUT2D eigenvalue weighted by Crippen LogP contribution is 2.43. The van der Waals surface area contributed by atoms with E-state index in [2.05, 4.69) is 43.1 Å². The molecule has 2 N–H and O–H groups in total. The molecule has 1 atom stereocenters. The Morgan fingerprint density at radius 2 is 1.96 bits per heavy atom. The minimum Gasteiger partial charge on any atom is -1.00 e. The molecule has 5 heteroatoms. The van der Waals surface area contributed by atoms with Gasteiger partial charge in [0.2, 0.25) is 0 Å². The molecular formula is C18H20BrClNO2-. The number of likely N-dealkylation sites (N-methyl/N-ethyl adjacent to an activating group) is 1. The number of hydrogen-bond acceptors (Lipinski definition) is 3. The van der Waals surface area contributed by atoms with Gasteiger partial charge in [-0.25, -0.2) is 0 Å². The molecule has 0 aliphatic carbocycles. The number of halogens is 2. The minimum atomic E-state index is -0.215. The van der Waals surface area contributed by atoms with Crippen molar-refractivity contribution in [3.63, 3.8) is 0 Å². The molecule has 0 fully saturated rings. The number of aryl methyl sites for hydroxylation is 1. The van der Waals surface area contributed by atoms with Crippen molar-refractivity contribution in [1.29, 1.82) is 0 Å². The lowest BCUT2D eigenvalue weighted by molar-refractivity contribution is -0.00000621. The zero-order chi connectivity index (χ0) is 15.9. The molecule has 1 aliphatic heterocycles. The molecule has 124 valence electrons. The standard InChI is InChI=1S/C18H20ClNO2.BrH/c1-11-4-3-5-12(8-11)15-10-20(2)7-6-13-14(15)9-16(21)18(22)17(13)19;/h3-5,8-9,15,21-22H,6-7,10H2,1-2H3;1H/p-1. The summed E-state index contributed by atoms with van der Waals surface area (Å²) in [6.07, 6.45) is 0.765. The van der Waals surface area contributed by atoms with Crippen LogP contribution in [0.15, 0.2) is 30.3 Å². The van der Waals surface area contributed by atoms with Gasteiger partial charge in [0.05, 0.1) is 5.02 Å². The van der Waals surface area contributed by atoms with Gasteiger partial charge in [-0.3, -0.25) is 0 Å². The molecule has 1 heterocycles. The fraction of sp³-hybridized carbons (Fsp3) is 0.333. The second kappa shape index (κ2) is 7.12. The maximum atomic E-state index is 9.99. The first-order valence-electron chi connectivity index (χ1n) is 7.45. The molecule has 2 aromatic rings. The van der Waals surface area contributed by atoms with Gasteiger partial charge in [-0.2, -0.15) is 0 Å². The first-order chi connectivity index (χ1) is 10.5. The highest BCUT2D eigenvalue weighted by atomic mass is 79.9. The normalized spacial score (nSPS) is 18.0. The molecule has 3 nitrogen and oxygen atoms in total. The lowest BCUT2D eigenvalue weighted by Crippen LogP contribution is -3.00. The smallest absolute Gasteiger partial charge is 0.176 e. The Hall–Kier alpha value is -1.23. The number of benzene rings is 2. The summed E-state index contributed by atoms with van der Waals surface area (Å²) in [7, 11) is 2.09. The summed E-state index contributed by atoms with van der Waals surface area (Å²) in [5.74, 6) is -0.231. The van der Waals surface area contributed by atoms with E-state index in [0.29, 0.717) is 0 Å². The van der Waals surface area contributed by atoms with Crippen LogP contribution in [0.5, 0.6) is 11.5 Å². The first kappa shape index (κ1) is 18.1. The number of phenols is 2. The molecule has 0 amide bonds. The Morgan fingerprint density at radius 3 is 2.65 bits per heavy atom. The molecule has 0 saturated carbocycles. The third-order valence-corrected chi connectivity index (χ3v) is 4.82. The molecule has 2 aromatic carbocycles. The van der Waals surface area contributed by atoms with E-state index in [0.717, 1.165) is 30.6 Å². The quantitative estimate of drug-likeness (QED) is 0.696. The average Bonchev–Trinajstić information content (AvgIpc) is 2.65. The van der Waals surface area contributed by atoms with Crippen LogP contribution in [0.4, 0.5) is 0 Å². The number of rotatable bonds is 1. The summed E-state index contributed by atoms with van der Waals surface area (Å²) in [5.41, 5.74) is 4.36. The van der Waals surface area contributed by atoms with Crippen LogP contribution in [-0.2, 0) is 6.42 Å². The molecule has 0 aromatic heterocycles. The lowest BCUT2D eigenvalue weighted by Gasteiger charge is -2.23. The minimum absolute atomic E-state index is 0. The van der Waals surface area contributed by atoms with Gasteiger partial charge < -0.3 is 32.1 Å². The zero-order valence-corrected chi connectivity index (χ0v) is 15.5. The van der Waals surface area contributed by atoms with Crippen LogP contribution < -0.4 is 17.0 Å². The van der Waals surface area contributed by atoms with Gasteiger partial charge in [0.15, 0.2) is 11.5 Å². The number of nitrogens with zero attached hydrogens (tertiary/aromatic N) is 1. The van der Waals surface area contributed by atoms with E-state index in [4.69, 9.17) is 11.6 Å². The molecule has 3 rings (SSSR count). The summed E-state index contributed by atoms with van der Waals surface area (Å²) in [5, 5.41) is 20.2. The van der Waals surface area contributed by atoms with E-state index in [1.807, 2.05) is 0 Å². The number of phenolic OH excluding ortho intramolecular Hbond substituents is 2. The van der Waals surface area contributed by atoms with Crippen LogP contribution >= 0.6 is 11.6 Å². The molecule has 0 radical (unpaired) electrons. The second-order valence-electron chi connectivity index (χ2n) is 6.11. The predicted molar refractivity (Wildman–Crippen MR) is 89.0 cm³/mol. The van der Waals surface area contributed by atoms with Crippen molar-refractivity contribution >= 4 is 11.6 Å². The van der Waals surface area contributed by atoms with Crippen LogP contribution in [0, 0.1) is 6.92 Å². The Bertz CT molecular complexity index is 720. The van der Waals surface area contributed by atoms with Gasteiger partial charge in [-0.1, -0.05) is 41.4 Å². The fourth-order valence-electron chi connectivity index (χ4n) is 3.23. The van der Waals surface area contributed by atoms with Gasteiger partial charge in [-0.05, 0) is 43.1 Å². The summed E-state index contributed by atoms with van der Waals surface area (Å²) < 4.78 is 0. The Labute approximate surface area is 152 Å². The average molecular weight is 398 g/mol. The lowest BCUT2D eigenvalue weighted by atomic mass is 9.87. The van der Waals surface area contributed by atoms with Gasteiger partial charge in [0, 0.05) is 19.0 Å². The van der Waals surface area contributed by atoms with Gasteiger partial charge in [-0.15, -0.1) is 0 Å². The van der Waals surface area contributed by atoms with Crippen molar-refractivity contribution in [2.24, 2.45) is 0 Å². The summed E-state index contributed by atoms with van der Waals surface area (Å²) in [6, 6.07) is 10.1. The van der Waals surface area contributed by atoms with Crippen LogP contribution in [0.1, 0.15) is 28.2 Å². The molecule has 0 bridgehead atoms. The molecule has 0 spiro atoms. The second-order valence-corrected chi connectivity index (χ2v) is 6.48. The number of aromatic hydroxyl groups is 2. The van der Waals surface area contributed by atoms with Crippen LogP contribution in [0.25, 0.3) is 0 Å². The van der Waals surface area contributed by atoms with Crippen LogP contribution in [0.3, 0.4) is 0 Å². The molecule has 1 unspecified atom stereocenters. The van der Waals surface area contributed by atoms with E-state index in [1.54, 1.807) is 6.07 Å². The topological polar surface area (TPSA) is 43.7 Å². The van der Waals surface area contributed by atoms with Crippen molar-refractivity contribution in [3.05, 3.63) is 57.6 Å². The molecular weight excluding hydrogens is 378 g/mol. The SMILES string of the molecule is Cc1cccc(C2CN(C)CCc3c2cc(O)c(O)c3Cl)c1.[Br-]. The van der Waals surface area contributed by atoms with E-state index in [-0.39, 0.29) is 39.4 Å². The summed E-state index contributed by atoms with van der Waals surface area (Å²) in [4.78, 5) is 2.26. The largest absolute Gasteiger partial charge is 1.00 e. The van der Waals surface area contributed by atoms with E-state index >= 15 is 0 Å². The zero-order valence-electron chi connectivity index (χ0n) is 13.2. The monoisotopic (exact) mass is 396 g/mol. The Kier molecular flexibility index (Phi) is 5.61. The van der Waals surface area contributed by atoms with E-state index < -0.39 is 0 Å².